The van der Waals surface area contributed by atoms with E-state index in [0.29, 0.717) is 29.5 Å². The van der Waals surface area contributed by atoms with E-state index in [1.54, 1.807) is 21.0 Å². The number of benzene rings is 1. The van der Waals surface area contributed by atoms with Crippen molar-refractivity contribution < 1.29 is 13.2 Å². The standard InChI is InChI=1S/C28H37N5O3S/c1-20-9-14-31(15-10-20)28(34)27-21(2)29-33-18-13-23(19-26(27)33)22-11-16-32(17-12-22)37(35,36)25-7-5-24(6-8-25)30(3)4/h5-8,13,18-20,22H,9-12,14-17H2,1-4H3. The molecule has 198 valence electrons. The minimum absolute atomic E-state index is 0.0674. The lowest BCUT2D eigenvalue weighted by molar-refractivity contribution is 0.0698. The van der Waals surface area contributed by atoms with Crippen LogP contribution in [0.2, 0.25) is 0 Å². The maximum atomic E-state index is 13.4. The van der Waals surface area contributed by atoms with Gasteiger partial charge in [0, 0.05) is 52.2 Å². The summed E-state index contributed by atoms with van der Waals surface area (Å²) in [6, 6.07) is 11.2. The van der Waals surface area contributed by atoms with Gasteiger partial charge in [0.15, 0.2) is 0 Å². The highest BCUT2D eigenvalue weighted by atomic mass is 32.2. The van der Waals surface area contributed by atoms with Gasteiger partial charge in [-0.2, -0.15) is 9.40 Å². The number of fused-ring (bicyclic) bond motifs is 1. The Kier molecular flexibility index (Phi) is 7.02. The molecule has 37 heavy (non-hydrogen) atoms. The van der Waals surface area contributed by atoms with E-state index in [9.17, 15) is 13.2 Å². The fourth-order valence-corrected chi connectivity index (χ4v) is 7.03. The summed E-state index contributed by atoms with van der Waals surface area (Å²) in [6.45, 7) is 6.68. The van der Waals surface area contributed by atoms with Gasteiger partial charge in [0.05, 0.1) is 21.7 Å². The molecule has 3 aromatic rings. The molecule has 2 aliphatic heterocycles. The van der Waals surface area contributed by atoms with Crippen LogP contribution >= 0.6 is 0 Å². The molecule has 9 heteroatoms. The number of hydrogen-bond donors (Lipinski definition) is 0. The molecule has 5 rings (SSSR count). The fourth-order valence-electron chi connectivity index (χ4n) is 5.56. The smallest absolute Gasteiger partial charge is 0.257 e. The Morgan fingerprint density at radius 2 is 1.62 bits per heavy atom. The lowest BCUT2D eigenvalue weighted by atomic mass is 9.90. The molecule has 2 aliphatic rings. The number of likely N-dealkylation sites (tertiary alicyclic amines) is 1. The Morgan fingerprint density at radius 1 is 0.973 bits per heavy atom. The van der Waals surface area contributed by atoms with Crippen molar-refractivity contribution in [1.29, 1.82) is 0 Å². The summed E-state index contributed by atoms with van der Waals surface area (Å²) in [5, 5.41) is 4.60. The minimum atomic E-state index is -3.53. The van der Waals surface area contributed by atoms with Crippen molar-refractivity contribution in [3.8, 4) is 0 Å². The van der Waals surface area contributed by atoms with Crippen LogP contribution in [0.5, 0.6) is 0 Å². The van der Waals surface area contributed by atoms with Crippen molar-refractivity contribution in [2.45, 2.75) is 50.3 Å². The monoisotopic (exact) mass is 523 g/mol. The van der Waals surface area contributed by atoms with E-state index in [0.717, 1.165) is 61.2 Å². The van der Waals surface area contributed by atoms with Crippen LogP contribution in [-0.4, -0.2) is 73.4 Å². The average Bonchev–Trinajstić information content (AvgIpc) is 3.23. The number of aromatic nitrogens is 2. The van der Waals surface area contributed by atoms with Crippen molar-refractivity contribution in [2.75, 3.05) is 45.2 Å². The van der Waals surface area contributed by atoms with Gasteiger partial charge >= 0.3 is 0 Å². The summed E-state index contributed by atoms with van der Waals surface area (Å²) in [5.74, 6) is 0.965. The number of pyridine rings is 1. The largest absolute Gasteiger partial charge is 0.378 e. The molecule has 2 fully saturated rings. The predicted octanol–water partition coefficient (Wildman–Crippen LogP) is 4.15. The van der Waals surface area contributed by atoms with E-state index in [1.807, 2.05) is 49.1 Å². The number of sulfonamides is 1. The van der Waals surface area contributed by atoms with Crippen LogP contribution in [-0.2, 0) is 10.0 Å². The number of anilines is 1. The molecule has 1 amide bonds. The van der Waals surface area contributed by atoms with Crippen LogP contribution < -0.4 is 4.90 Å². The molecule has 0 radical (unpaired) electrons. The third kappa shape index (κ3) is 4.99. The topological polar surface area (TPSA) is 78.2 Å². The number of piperidine rings is 2. The van der Waals surface area contributed by atoms with E-state index >= 15 is 0 Å². The van der Waals surface area contributed by atoms with E-state index in [-0.39, 0.29) is 11.8 Å². The van der Waals surface area contributed by atoms with Crippen LogP contribution in [0.4, 0.5) is 5.69 Å². The SMILES string of the molecule is Cc1nn2ccc(C3CCN(S(=O)(=O)c4ccc(N(C)C)cc4)CC3)cc2c1C(=O)N1CCC(C)CC1. The molecule has 0 aliphatic carbocycles. The van der Waals surface area contributed by atoms with E-state index in [1.165, 1.54) is 0 Å². The number of carbonyl (C=O) groups excluding carboxylic acids is 1. The van der Waals surface area contributed by atoms with E-state index in [2.05, 4.69) is 24.2 Å². The highest BCUT2D eigenvalue weighted by Gasteiger charge is 2.31. The number of rotatable bonds is 5. The molecule has 0 N–H and O–H groups in total. The molecule has 2 aromatic heterocycles. The Morgan fingerprint density at radius 3 is 2.24 bits per heavy atom. The Labute approximate surface area is 219 Å². The van der Waals surface area contributed by atoms with Crippen molar-refractivity contribution in [1.82, 2.24) is 18.8 Å². The van der Waals surface area contributed by atoms with Gasteiger partial charge in [-0.15, -0.1) is 0 Å². The third-order valence-corrected chi connectivity index (χ3v) is 9.95. The first-order valence-electron chi connectivity index (χ1n) is 13.2. The number of carbonyl (C=O) groups is 1. The van der Waals surface area contributed by atoms with Crippen LogP contribution in [0.25, 0.3) is 5.52 Å². The second kappa shape index (κ2) is 10.1. The van der Waals surface area contributed by atoms with Crippen molar-refractivity contribution >= 4 is 27.1 Å². The first-order chi connectivity index (χ1) is 17.6. The van der Waals surface area contributed by atoms with Gasteiger partial charge in [0.25, 0.3) is 5.91 Å². The second-order valence-corrected chi connectivity index (χ2v) is 12.7. The number of nitrogens with zero attached hydrogens (tertiary/aromatic N) is 5. The van der Waals surface area contributed by atoms with Crippen LogP contribution in [0.15, 0.2) is 47.5 Å². The van der Waals surface area contributed by atoms with Gasteiger partial charge < -0.3 is 9.80 Å². The number of amides is 1. The van der Waals surface area contributed by atoms with Crippen LogP contribution in [0.3, 0.4) is 0 Å². The zero-order valence-electron chi connectivity index (χ0n) is 22.2. The normalized spacial score (nSPS) is 18.4. The summed E-state index contributed by atoms with van der Waals surface area (Å²) in [6.07, 6.45) is 5.49. The zero-order valence-corrected chi connectivity index (χ0v) is 23.0. The molecule has 0 unspecified atom stereocenters. The molecule has 0 bridgehead atoms. The summed E-state index contributed by atoms with van der Waals surface area (Å²) in [7, 11) is 0.344. The molecule has 8 nitrogen and oxygen atoms in total. The van der Waals surface area contributed by atoms with Crippen molar-refractivity contribution in [3.05, 3.63) is 59.4 Å². The quantitative estimate of drug-likeness (QED) is 0.502. The molecule has 4 heterocycles. The molecule has 0 atom stereocenters. The summed E-state index contributed by atoms with van der Waals surface area (Å²) in [5.41, 5.74) is 4.39. The van der Waals surface area contributed by atoms with Crippen molar-refractivity contribution in [3.63, 3.8) is 0 Å². The maximum absolute atomic E-state index is 13.4. The first kappa shape index (κ1) is 25.7. The van der Waals surface area contributed by atoms with Gasteiger partial charge in [-0.25, -0.2) is 12.9 Å². The minimum Gasteiger partial charge on any atom is -0.378 e. The van der Waals surface area contributed by atoms with Gasteiger partial charge in [0.1, 0.15) is 0 Å². The Hall–Kier alpha value is -2.91. The predicted molar refractivity (Wildman–Crippen MR) is 146 cm³/mol. The van der Waals surface area contributed by atoms with Crippen molar-refractivity contribution in [2.24, 2.45) is 5.92 Å². The van der Waals surface area contributed by atoms with E-state index in [4.69, 9.17) is 0 Å². The first-order valence-corrected chi connectivity index (χ1v) is 14.6. The zero-order chi connectivity index (χ0) is 26.3. The van der Waals surface area contributed by atoms with Gasteiger partial charge in [-0.3, -0.25) is 4.79 Å². The molecule has 0 saturated carbocycles. The van der Waals surface area contributed by atoms with Crippen LogP contribution in [0.1, 0.15) is 60.1 Å². The Balaban J connectivity index is 1.32. The summed E-state index contributed by atoms with van der Waals surface area (Å²) >= 11 is 0. The molecular formula is C28H37N5O3S. The third-order valence-electron chi connectivity index (χ3n) is 8.04. The summed E-state index contributed by atoms with van der Waals surface area (Å²) < 4.78 is 29.9. The lowest BCUT2D eigenvalue weighted by Gasteiger charge is -2.31. The number of hydrogen-bond acceptors (Lipinski definition) is 5. The van der Waals surface area contributed by atoms with Gasteiger partial charge in [0.2, 0.25) is 10.0 Å². The summed E-state index contributed by atoms with van der Waals surface area (Å²) in [4.78, 5) is 17.7. The highest BCUT2D eigenvalue weighted by Crippen LogP contribution is 2.33. The molecule has 0 spiro atoms. The fraction of sp³-hybridized carbons (Fsp3) is 0.500. The molecular weight excluding hydrogens is 486 g/mol. The second-order valence-electron chi connectivity index (χ2n) is 10.8. The molecule has 2 saturated heterocycles. The number of aryl methyl sites for hydroxylation is 1. The molecule has 1 aromatic carbocycles. The Bertz CT molecular complexity index is 1380. The lowest BCUT2D eigenvalue weighted by Crippen LogP contribution is -2.38. The van der Waals surface area contributed by atoms with Gasteiger partial charge in [-0.1, -0.05) is 6.92 Å². The van der Waals surface area contributed by atoms with Crippen LogP contribution in [0, 0.1) is 12.8 Å². The van der Waals surface area contributed by atoms with E-state index < -0.39 is 10.0 Å². The highest BCUT2D eigenvalue weighted by molar-refractivity contribution is 7.89. The average molecular weight is 524 g/mol. The van der Waals surface area contributed by atoms with Gasteiger partial charge in [-0.05, 0) is 86.4 Å². The maximum Gasteiger partial charge on any atom is 0.257 e.